The van der Waals surface area contributed by atoms with Crippen molar-refractivity contribution in [3.05, 3.63) is 58.8 Å². The van der Waals surface area contributed by atoms with Gasteiger partial charge < -0.3 is 9.15 Å². The van der Waals surface area contributed by atoms with E-state index in [9.17, 15) is 18.0 Å². The normalized spacial score (nSPS) is 11.5. The fraction of sp³-hybridized carbons (Fsp3) is 0.273. The summed E-state index contributed by atoms with van der Waals surface area (Å²) in [5.41, 5.74) is 0.689. The van der Waals surface area contributed by atoms with E-state index in [1.165, 1.54) is 42.5 Å². The lowest BCUT2D eigenvalue weighted by atomic mass is 10.1. The zero-order valence-electron chi connectivity index (χ0n) is 17.3. The molecule has 7 nitrogen and oxygen atoms in total. The third-order valence-corrected chi connectivity index (χ3v) is 6.62. The summed E-state index contributed by atoms with van der Waals surface area (Å²) in [5, 5.41) is 0.744. The molecule has 1 heterocycles. The first-order chi connectivity index (χ1) is 14.7. The maximum absolute atomic E-state index is 13.4. The molecule has 0 aliphatic rings. The van der Waals surface area contributed by atoms with E-state index >= 15 is 0 Å². The number of carbonyl (C=O) groups is 2. The van der Waals surface area contributed by atoms with Crippen LogP contribution in [0.1, 0.15) is 42.8 Å². The van der Waals surface area contributed by atoms with Crippen molar-refractivity contribution < 1.29 is 27.2 Å². The number of ether oxygens (including phenoxy) is 1. The van der Waals surface area contributed by atoms with Gasteiger partial charge in [0.05, 0.1) is 17.2 Å². The summed E-state index contributed by atoms with van der Waals surface area (Å²) in [5.74, 6) is -0.824. The summed E-state index contributed by atoms with van der Waals surface area (Å²) in [4.78, 5) is 25.2. The van der Waals surface area contributed by atoms with Crippen molar-refractivity contribution in [2.45, 2.75) is 38.5 Å². The van der Waals surface area contributed by atoms with Gasteiger partial charge in [-0.2, -0.15) is 0 Å². The minimum absolute atomic E-state index is 0.0278. The monoisotopic (exact) mass is 463 g/mol. The van der Waals surface area contributed by atoms with Crippen LogP contribution < -0.4 is 4.31 Å². The highest BCUT2D eigenvalue weighted by molar-refractivity contribution is 7.93. The number of halogens is 1. The van der Waals surface area contributed by atoms with Gasteiger partial charge in [-0.1, -0.05) is 18.5 Å². The summed E-state index contributed by atoms with van der Waals surface area (Å²) in [7, 11) is -4.22. The van der Waals surface area contributed by atoms with Crippen LogP contribution in [0.4, 0.5) is 5.69 Å². The number of rotatable bonds is 7. The van der Waals surface area contributed by atoms with Crippen LogP contribution in [0.3, 0.4) is 0 Å². The standard InChI is InChI=1S/C22H22ClNO6S/c1-4-6-20(25)24(31(27,28)17-10-7-15(23)8-11-17)16-9-12-19-18(13-16)21(14(3)30-19)22(26)29-5-2/h7-13H,4-6H2,1-3H3. The Hall–Kier alpha value is -2.84. The molecule has 3 aromatic rings. The summed E-state index contributed by atoms with van der Waals surface area (Å²) in [6, 6.07) is 10.0. The average molecular weight is 464 g/mol. The van der Waals surface area contributed by atoms with E-state index in [-0.39, 0.29) is 29.2 Å². The third kappa shape index (κ3) is 4.45. The molecule has 0 saturated heterocycles. The van der Waals surface area contributed by atoms with Gasteiger partial charge in [-0.15, -0.1) is 0 Å². The number of amides is 1. The van der Waals surface area contributed by atoms with Crippen LogP contribution in [0.25, 0.3) is 11.0 Å². The Morgan fingerprint density at radius 1 is 1.10 bits per heavy atom. The van der Waals surface area contributed by atoms with Crippen molar-refractivity contribution in [3.8, 4) is 0 Å². The topological polar surface area (TPSA) is 93.9 Å². The van der Waals surface area contributed by atoms with Crippen LogP contribution in [0, 0.1) is 6.92 Å². The van der Waals surface area contributed by atoms with Crippen molar-refractivity contribution in [1.82, 2.24) is 0 Å². The maximum Gasteiger partial charge on any atom is 0.342 e. The number of nitrogens with zero attached hydrogens (tertiary/aromatic N) is 1. The number of benzene rings is 2. The average Bonchev–Trinajstić information content (AvgIpc) is 3.04. The first-order valence-electron chi connectivity index (χ1n) is 9.74. The zero-order chi connectivity index (χ0) is 22.8. The van der Waals surface area contributed by atoms with E-state index in [4.69, 9.17) is 20.8 Å². The number of hydrogen-bond donors (Lipinski definition) is 0. The Morgan fingerprint density at radius 3 is 2.39 bits per heavy atom. The van der Waals surface area contributed by atoms with Gasteiger partial charge in [0.25, 0.3) is 10.0 Å². The molecule has 9 heteroatoms. The fourth-order valence-corrected chi connectivity index (χ4v) is 4.80. The smallest absolute Gasteiger partial charge is 0.342 e. The van der Waals surface area contributed by atoms with Crippen molar-refractivity contribution in [2.24, 2.45) is 0 Å². The van der Waals surface area contributed by atoms with Gasteiger partial charge in [0.2, 0.25) is 5.91 Å². The summed E-state index contributed by atoms with van der Waals surface area (Å²) >= 11 is 5.88. The van der Waals surface area contributed by atoms with Crippen LogP contribution in [0.15, 0.2) is 51.8 Å². The van der Waals surface area contributed by atoms with Gasteiger partial charge in [-0.05, 0) is 62.7 Å². The zero-order valence-corrected chi connectivity index (χ0v) is 18.9. The molecule has 0 fully saturated rings. The fourth-order valence-electron chi connectivity index (χ4n) is 3.24. The van der Waals surface area contributed by atoms with E-state index in [0.29, 0.717) is 28.2 Å². The molecule has 0 spiro atoms. The van der Waals surface area contributed by atoms with Crippen LogP contribution in [0.5, 0.6) is 0 Å². The Labute approximate surface area is 185 Å². The molecule has 0 N–H and O–H groups in total. The first-order valence-corrected chi connectivity index (χ1v) is 11.6. The molecular formula is C22H22ClNO6S. The predicted octanol–water partition coefficient (Wildman–Crippen LogP) is 5.09. The molecule has 0 aliphatic heterocycles. The molecule has 2 aromatic carbocycles. The highest BCUT2D eigenvalue weighted by Gasteiger charge is 2.31. The van der Waals surface area contributed by atoms with Crippen LogP contribution in [-0.4, -0.2) is 26.9 Å². The van der Waals surface area contributed by atoms with Gasteiger partial charge in [0.1, 0.15) is 16.9 Å². The summed E-state index contributed by atoms with van der Waals surface area (Å²) < 4.78 is 38.2. The van der Waals surface area contributed by atoms with Crippen molar-refractivity contribution in [3.63, 3.8) is 0 Å². The SMILES string of the molecule is CCCC(=O)N(c1ccc2oc(C)c(C(=O)OCC)c2c1)S(=O)(=O)c1ccc(Cl)cc1. The van der Waals surface area contributed by atoms with E-state index in [2.05, 4.69) is 0 Å². The highest BCUT2D eigenvalue weighted by atomic mass is 35.5. The van der Waals surface area contributed by atoms with Crippen LogP contribution in [-0.2, 0) is 19.6 Å². The summed E-state index contributed by atoms with van der Waals surface area (Å²) in [6.07, 6.45) is 0.493. The quantitative estimate of drug-likeness (QED) is 0.453. The van der Waals surface area contributed by atoms with Crippen molar-refractivity contribution in [2.75, 3.05) is 10.9 Å². The van der Waals surface area contributed by atoms with Gasteiger partial charge >= 0.3 is 5.97 Å². The number of sulfonamides is 1. The Bertz CT molecular complexity index is 1230. The van der Waals surface area contributed by atoms with Gasteiger partial charge in [-0.3, -0.25) is 4.79 Å². The van der Waals surface area contributed by atoms with Crippen LogP contribution >= 0.6 is 11.6 Å². The lowest BCUT2D eigenvalue weighted by Crippen LogP contribution is -2.36. The number of fused-ring (bicyclic) bond motifs is 1. The second-order valence-electron chi connectivity index (χ2n) is 6.80. The minimum Gasteiger partial charge on any atom is -0.462 e. The third-order valence-electron chi connectivity index (χ3n) is 4.60. The minimum atomic E-state index is -4.22. The van der Waals surface area contributed by atoms with E-state index in [1.807, 2.05) is 0 Å². The number of furan rings is 1. The highest BCUT2D eigenvalue weighted by Crippen LogP contribution is 2.33. The number of anilines is 1. The molecule has 164 valence electrons. The van der Waals surface area contributed by atoms with Gasteiger partial charge in [-0.25, -0.2) is 17.5 Å². The molecule has 0 unspecified atom stereocenters. The lowest BCUT2D eigenvalue weighted by molar-refractivity contribution is -0.117. The van der Waals surface area contributed by atoms with Gasteiger partial charge in [0, 0.05) is 16.8 Å². The molecule has 1 aromatic heterocycles. The largest absolute Gasteiger partial charge is 0.462 e. The van der Waals surface area contributed by atoms with Gasteiger partial charge in [0.15, 0.2) is 0 Å². The molecule has 1 amide bonds. The molecule has 0 radical (unpaired) electrons. The number of carbonyl (C=O) groups excluding carboxylic acids is 2. The molecule has 3 rings (SSSR count). The van der Waals surface area contributed by atoms with E-state index in [0.717, 1.165) is 4.31 Å². The lowest BCUT2D eigenvalue weighted by Gasteiger charge is -2.22. The number of hydrogen-bond acceptors (Lipinski definition) is 6. The Morgan fingerprint density at radius 2 is 1.77 bits per heavy atom. The molecular weight excluding hydrogens is 442 g/mol. The molecule has 0 saturated carbocycles. The van der Waals surface area contributed by atoms with E-state index in [1.54, 1.807) is 20.8 Å². The molecule has 0 bridgehead atoms. The maximum atomic E-state index is 13.4. The summed E-state index contributed by atoms with van der Waals surface area (Å²) in [6.45, 7) is 5.27. The van der Waals surface area contributed by atoms with Crippen molar-refractivity contribution >= 4 is 50.2 Å². The second-order valence-corrected chi connectivity index (χ2v) is 9.02. The molecule has 0 aliphatic carbocycles. The number of aryl methyl sites for hydroxylation is 1. The molecule has 0 atom stereocenters. The van der Waals surface area contributed by atoms with Crippen molar-refractivity contribution in [1.29, 1.82) is 0 Å². The predicted molar refractivity (Wildman–Crippen MR) is 118 cm³/mol. The van der Waals surface area contributed by atoms with E-state index < -0.39 is 21.9 Å². The Kier molecular flexibility index (Phi) is 6.71. The first kappa shape index (κ1) is 22.8. The van der Waals surface area contributed by atoms with Crippen LogP contribution in [0.2, 0.25) is 5.02 Å². The molecule has 31 heavy (non-hydrogen) atoms. The Balaban J connectivity index is 2.20. The second kappa shape index (κ2) is 9.11. The number of esters is 1.